The van der Waals surface area contributed by atoms with Crippen LogP contribution in [-0.2, 0) is 11.2 Å². The molecule has 29 heavy (non-hydrogen) atoms. The molecule has 1 aromatic heterocycles. The van der Waals surface area contributed by atoms with Crippen LogP contribution in [0.5, 0.6) is 0 Å². The minimum absolute atomic E-state index is 0.172. The lowest BCUT2D eigenvalue weighted by molar-refractivity contribution is -0.00260. The second-order valence-corrected chi connectivity index (χ2v) is 8.56. The van der Waals surface area contributed by atoms with Crippen molar-refractivity contribution in [1.82, 2.24) is 14.5 Å². The van der Waals surface area contributed by atoms with Crippen molar-refractivity contribution in [1.29, 1.82) is 0 Å². The number of methoxy groups -OCH3 is 1. The third kappa shape index (κ3) is 3.41. The van der Waals surface area contributed by atoms with E-state index in [0.29, 0.717) is 6.04 Å². The molecule has 0 amide bonds. The monoisotopic (exact) mass is 387 g/mol. The summed E-state index contributed by atoms with van der Waals surface area (Å²) in [6.45, 7) is 7.32. The standard InChI is InChI=1S/C25H29N3O/c1-17-8-9-23-22(12-17)26-18(2)28(23)24-10-11-27(16-25(24)29-3)15-19-13-20-6-4-5-7-21(20)14-19/h4-9,12-13,24-25H,10-11,14-16H2,1-3H3/t24-,25-/m1/s1. The Bertz CT molecular complexity index is 1080. The predicted octanol–water partition coefficient (Wildman–Crippen LogP) is 4.55. The van der Waals surface area contributed by atoms with Crippen LogP contribution in [0.4, 0.5) is 0 Å². The van der Waals surface area contributed by atoms with Gasteiger partial charge >= 0.3 is 0 Å². The van der Waals surface area contributed by atoms with Crippen molar-refractivity contribution >= 4 is 17.1 Å². The predicted molar refractivity (Wildman–Crippen MR) is 118 cm³/mol. The number of imidazole rings is 1. The van der Waals surface area contributed by atoms with E-state index in [0.717, 1.165) is 43.8 Å². The Kier molecular flexibility index (Phi) is 4.76. The SMILES string of the molecule is CO[C@@H]1CN(CC2=Cc3ccccc3C2)CC[C@H]1n1c(C)nc2cc(C)ccc21. The van der Waals surface area contributed by atoms with Gasteiger partial charge in [-0.05, 0) is 55.5 Å². The first-order valence-electron chi connectivity index (χ1n) is 10.6. The van der Waals surface area contributed by atoms with Gasteiger partial charge in [0.1, 0.15) is 5.82 Å². The average molecular weight is 388 g/mol. The number of aryl methyl sites for hydroxylation is 2. The molecule has 1 fully saturated rings. The van der Waals surface area contributed by atoms with Gasteiger partial charge in [0.2, 0.25) is 0 Å². The summed E-state index contributed by atoms with van der Waals surface area (Å²) >= 11 is 0. The number of nitrogens with zero attached hydrogens (tertiary/aromatic N) is 3. The largest absolute Gasteiger partial charge is 0.378 e. The molecule has 0 unspecified atom stereocenters. The molecule has 0 radical (unpaired) electrons. The molecule has 2 aliphatic rings. The second kappa shape index (κ2) is 7.43. The number of benzene rings is 2. The number of rotatable bonds is 4. The lowest BCUT2D eigenvalue weighted by atomic mass is 9.99. The van der Waals surface area contributed by atoms with Gasteiger partial charge in [-0.2, -0.15) is 0 Å². The average Bonchev–Trinajstić information content (AvgIpc) is 3.26. The van der Waals surface area contributed by atoms with Crippen LogP contribution in [0.25, 0.3) is 17.1 Å². The minimum Gasteiger partial charge on any atom is -0.378 e. The summed E-state index contributed by atoms with van der Waals surface area (Å²) in [5.74, 6) is 1.08. The zero-order valence-corrected chi connectivity index (χ0v) is 17.6. The number of likely N-dealkylation sites (tertiary alicyclic amines) is 1. The smallest absolute Gasteiger partial charge is 0.107 e. The maximum absolute atomic E-state index is 6.00. The second-order valence-electron chi connectivity index (χ2n) is 8.56. The highest BCUT2D eigenvalue weighted by atomic mass is 16.5. The van der Waals surface area contributed by atoms with Crippen molar-refractivity contribution in [2.75, 3.05) is 26.7 Å². The van der Waals surface area contributed by atoms with Crippen molar-refractivity contribution in [3.8, 4) is 0 Å². The van der Waals surface area contributed by atoms with Gasteiger partial charge in [0, 0.05) is 26.7 Å². The maximum atomic E-state index is 6.00. The summed E-state index contributed by atoms with van der Waals surface area (Å²) < 4.78 is 8.41. The Balaban J connectivity index is 1.34. The molecule has 150 valence electrons. The normalized spacial score (nSPS) is 22.1. The van der Waals surface area contributed by atoms with Gasteiger partial charge in [-0.25, -0.2) is 4.98 Å². The Morgan fingerprint density at radius 1 is 1.14 bits per heavy atom. The number of hydrogen-bond acceptors (Lipinski definition) is 3. The summed E-state index contributed by atoms with van der Waals surface area (Å²) in [5.41, 5.74) is 7.93. The fourth-order valence-electron chi connectivity index (χ4n) is 5.13. The van der Waals surface area contributed by atoms with Crippen LogP contribution in [-0.4, -0.2) is 47.3 Å². The summed E-state index contributed by atoms with van der Waals surface area (Å²) in [5, 5.41) is 0. The summed E-state index contributed by atoms with van der Waals surface area (Å²) in [7, 11) is 1.85. The number of aromatic nitrogens is 2. The van der Waals surface area contributed by atoms with Gasteiger partial charge < -0.3 is 9.30 Å². The molecule has 0 spiro atoms. The molecule has 4 heteroatoms. The third-order valence-corrected chi connectivity index (χ3v) is 6.52. The topological polar surface area (TPSA) is 30.3 Å². The van der Waals surface area contributed by atoms with Crippen LogP contribution in [0, 0.1) is 13.8 Å². The number of fused-ring (bicyclic) bond motifs is 2. The van der Waals surface area contributed by atoms with E-state index in [2.05, 4.69) is 71.9 Å². The van der Waals surface area contributed by atoms with Crippen molar-refractivity contribution in [3.63, 3.8) is 0 Å². The lowest BCUT2D eigenvalue weighted by Gasteiger charge is -2.39. The van der Waals surface area contributed by atoms with E-state index in [1.165, 1.54) is 27.8 Å². The fraction of sp³-hybridized carbons (Fsp3) is 0.400. The highest BCUT2D eigenvalue weighted by Gasteiger charge is 2.33. The van der Waals surface area contributed by atoms with Crippen LogP contribution in [0.1, 0.15) is 35.0 Å². The summed E-state index contributed by atoms with van der Waals surface area (Å²) in [6.07, 6.45) is 4.71. The van der Waals surface area contributed by atoms with Crippen molar-refractivity contribution in [3.05, 3.63) is 70.6 Å². The van der Waals surface area contributed by atoms with Crippen molar-refractivity contribution in [2.45, 2.75) is 38.8 Å². The first-order chi connectivity index (χ1) is 14.1. The maximum Gasteiger partial charge on any atom is 0.107 e. The first-order valence-corrected chi connectivity index (χ1v) is 10.6. The molecule has 2 atom stereocenters. The number of hydrogen-bond donors (Lipinski definition) is 0. The minimum atomic E-state index is 0.172. The zero-order valence-electron chi connectivity index (χ0n) is 17.6. The first kappa shape index (κ1) is 18.6. The number of piperidine rings is 1. The third-order valence-electron chi connectivity index (χ3n) is 6.52. The number of ether oxygens (including phenoxy) is 1. The molecule has 2 aromatic carbocycles. The van der Waals surface area contributed by atoms with E-state index in [1.54, 1.807) is 0 Å². The molecule has 1 saturated heterocycles. The molecule has 1 aliphatic carbocycles. The van der Waals surface area contributed by atoms with E-state index in [1.807, 2.05) is 7.11 Å². The Hall–Kier alpha value is -2.43. The highest BCUT2D eigenvalue weighted by Crippen LogP contribution is 2.32. The van der Waals surface area contributed by atoms with Crippen molar-refractivity contribution < 1.29 is 4.74 Å². The lowest BCUT2D eigenvalue weighted by Crippen LogP contribution is -2.46. The van der Waals surface area contributed by atoms with Crippen LogP contribution in [0.2, 0.25) is 0 Å². The zero-order chi connectivity index (χ0) is 20.0. The van der Waals surface area contributed by atoms with E-state index in [9.17, 15) is 0 Å². The van der Waals surface area contributed by atoms with Gasteiger partial charge in [-0.15, -0.1) is 0 Å². The van der Waals surface area contributed by atoms with Crippen LogP contribution < -0.4 is 0 Å². The molecular formula is C25H29N3O. The van der Waals surface area contributed by atoms with E-state index >= 15 is 0 Å². The molecule has 1 aliphatic heterocycles. The van der Waals surface area contributed by atoms with Crippen molar-refractivity contribution in [2.24, 2.45) is 0 Å². The quantitative estimate of drug-likeness (QED) is 0.658. The molecule has 3 aromatic rings. The van der Waals surface area contributed by atoms with Crippen LogP contribution in [0.15, 0.2) is 48.0 Å². The molecule has 4 nitrogen and oxygen atoms in total. The molecular weight excluding hydrogens is 358 g/mol. The fourth-order valence-corrected chi connectivity index (χ4v) is 5.13. The van der Waals surface area contributed by atoms with Crippen LogP contribution >= 0.6 is 0 Å². The summed E-state index contributed by atoms with van der Waals surface area (Å²) in [4.78, 5) is 7.38. The Morgan fingerprint density at radius 2 is 2.00 bits per heavy atom. The van der Waals surface area contributed by atoms with E-state index < -0.39 is 0 Å². The molecule has 0 bridgehead atoms. The molecule has 0 saturated carbocycles. The molecule has 0 N–H and O–H groups in total. The van der Waals surface area contributed by atoms with Gasteiger partial charge in [0.05, 0.1) is 23.2 Å². The Labute approximate surface area is 172 Å². The highest BCUT2D eigenvalue weighted by molar-refractivity contribution is 5.77. The van der Waals surface area contributed by atoms with Gasteiger partial charge in [-0.1, -0.05) is 42.0 Å². The van der Waals surface area contributed by atoms with Gasteiger partial charge in [0.25, 0.3) is 0 Å². The molecule has 5 rings (SSSR count). The van der Waals surface area contributed by atoms with Gasteiger partial charge in [-0.3, -0.25) is 4.90 Å². The Morgan fingerprint density at radius 3 is 2.83 bits per heavy atom. The molecule has 2 heterocycles. The summed E-state index contributed by atoms with van der Waals surface area (Å²) in [6, 6.07) is 15.6. The van der Waals surface area contributed by atoms with Gasteiger partial charge in [0.15, 0.2) is 0 Å². The van der Waals surface area contributed by atoms with Crippen LogP contribution in [0.3, 0.4) is 0 Å². The van der Waals surface area contributed by atoms with E-state index in [-0.39, 0.29) is 6.10 Å². The van der Waals surface area contributed by atoms with E-state index in [4.69, 9.17) is 9.72 Å².